The maximum atomic E-state index is 11.5. The minimum absolute atomic E-state index is 0.110. The van der Waals surface area contributed by atoms with Gasteiger partial charge in [0.15, 0.2) is 0 Å². The Morgan fingerprint density at radius 1 is 1.47 bits per heavy atom. The van der Waals surface area contributed by atoms with Crippen LogP contribution in [0.4, 0.5) is 5.82 Å². The number of nitrogens with one attached hydrogen (secondary N) is 2. The Morgan fingerprint density at radius 3 is 2.76 bits per heavy atom. The molecule has 0 saturated carbocycles. The van der Waals surface area contributed by atoms with Crippen molar-refractivity contribution in [1.82, 2.24) is 10.3 Å². The molecule has 0 radical (unpaired) electrons. The van der Waals surface area contributed by atoms with Crippen LogP contribution in [0.15, 0.2) is 18.2 Å². The van der Waals surface area contributed by atoms with E-state index in [1.165, 1.54) is 0 Å². The minimum Gasteiger partial charge on any atom is -0.361 e. The van der Waals surface area contributed by atoms with Crippen LogP contribution in [-0.4, -0.2) is 23.0 Å². The van der Waals surface area contributed by atoms with E-state index in [0.29, 0.717) is 11.5 Å². The van der Waals surface area contributed by atoms with Gasteiger partial charge in [-0.3, -0.25) is 4.79 Å². The van der Waals surface area contributed by atoms with E-state index in [1.807, 2.05) is 26.8 Å². The maximum absolute atomic E-state index is 11.5. The van der Waals surface area contributed by atoms with E-state index >= 15 is 0 Å². The average molecular weight is 232 g/mol. The molecular weight excluding hydrogens is 216 g/mol. The molecule has 0 spiro atoms. The molecule has 17 heavy (non-hydrogen) atoms. The first-order valence-electron chi connectivity index (χ1n) is 5.33. The molecule has 0 fully saturated rings. The molecule has 0 aliphatic heterocycles. The SMILES string of the molecule is CC(C)(C)NC(=O)CNc1cccc(C#N)n1. The number of nitriles is 1. The molecule has 2 N–H and O–H groups in total. The lowest BCUT2D eigenvalue weighted by Gasteiger charge is -2.20. The highest BCUT2D eigenvalue weighted by molar-refractivity contribution is 5.81. The van der Waals surface area contributed by atoms with Crippen LogP contribution in [-0.2, 0) is 4.79 Å². The normalized spacial score (nSPS) is 10.5. The summed E-state index contributed by atoms with van der Waals surface area (Å²) in [4.78, 5) is 15.5. The van der Waals surface area contributed by atoms with E-state index in [0.717, 1.165) is 0 Å². The van der Waals surface area contributed by atoms with Gasteiger partial charge in [0.25, 0.3) is 0 Å². The Hall–Kier alpha value is -2.09. The lowest BCUT2D eigenvalue weighted by molar-refractivity contribution is -0.120. The molecule has 0 atom stereocenters. The van der Waals surface area contributed by atoms with Crippen molar-refractivity contribution in [3.63, 3.8) is 0 Å². The summed E-state index contributed by atoms with van der Waals surface area (Å²) in [6.45, 7) is 5.89. The van der Waals surface area contributed by atoms with Crippen LogP contribution in [0, 0.1) is 11.3 Å². The standard InChI is InChI=1S/C12H16N4O/c1-12(2,3)16-11(17)8-14-10-6-4-5-9(7-13)15-10/h4-6H,8H2,1-3H3,(H,14,15)(H,16,17). The Labute approximate surface area is 101 Å². The van der Waals surface area contributed by atoms with Crippen LogP contribution >= 0.6 is 0 Å². The summed E-state index contributed by atoms with van der Waals surface area (Å²) in [7, 11) is 0. The molecule has 0 aromatic carbocycles. The molecule has 0 aliphatic rings. The van der Waals surface area contributed by atoms with Gasteiger partial charge in [0.1, 0.15) is 17.6 Å². The van der Waals surface area contributed by atoms with E-state index < -0.39 is 0 Å². The van der Waals surface area contributed by atoms with E-state index in [2.05, 4.69) is 15.6 Å². The van der Waals surface area contributed by atoms with Crippen LogP contribution in [0.1, 0.15) is 26.5 Å². The van der Waals surface area contributed by atoms with Crippen molar-refractivity contribution in [3.8, 4) is 6.07 Å². The highest BCUT2D eigenvalue weighted by atomic mass is 16.2. The van der Waals surface area contributed by atoms with Crippen molar-refractivity contribution < 1.29 is 4.79 Å². The lowest BCUT2D eigenvalue weighted by Crippen LogP contribution is -2.43. The fraction of sp³-hybridized carbons (Fsp3) is 0.417. The third kappa shape index (κ3) is 4.98. The third-order valence-electron chi connectivity index (χ3n) is 1.81. The van der Waals surface area contributed by atoms with Gasteiger partial charge in [-0.05, 0) is 32.9 Å². The molecule has 0 bridgehead atoms. The van der Waals surface area contributed by atoms with Crippen molar-refractivity contribution >= 4 is 11.7 Å². The predicted octanol–water partition coefficient (Wildman–Crippen LogP) is 1.28. The number of carbonyl (C=O) groups excluding carboxylic acids is 1. The fourth-order valence-corrected chi connectivity index (χ4v) is 1.23. The number of hydrogen-bond acceptors (Lipinski definition) is 4. The predicted molar refractivity (Wildman–Crippen MR) is 65.3 cm³/mol. The second-order valence-corrected chi connectivity index (χ2v) is 4.67. The topological polar surface area (TPSA) is 77.8 Å². The van der Waals surface area contributed by atoms with E-state index in [-0.39, 0.29) is 18.0 Å². The van der Waals surface area contributed by atoms with Crippen molar-refractivity contribution in [2.24, 2.45) is 0 Å². The minimum atomic E-state index is -0.249. The molecule has 1 heterocycles. The van der Waals surface area contributed by atoms with Crippen molar-refractivity contribution in [2.75, 3.05) is 11.9 Å². The number of aromatic nitrogens is 1. The highest BCUT2D eigenvalue weighted by Crippen LogP contribution is 2.03. The first kappa shape index (κ1) is 13.0. The van der Waals surface area contributed by atoms with E-state index in [9.17, 15) is 4.79 Å². The molecule has 0 unspecified atom stereocenters. The van der Waals surface area contributed by atoms with E-state index in [1.54, 1.807) is 18.2 Å². The summed E-state index contributed by atoms with van der Waals surface area (Å²) in [5.41, 5.74) is 0.0759. The largest absolute Gasteiger partial charge is 0.361 e. The number of nitrogens with zero attached hydrogens (tertiary/aromatic N) is 2. The number of carbonyl (C=O) groups is 1. The molecule has 1 aromatic heterocycles. The fourth-order valence-electron chi connectivity index (χ4n) is 1.23. The maximum Gasteiger partial charge on any atom is 0.239 e. The average Bonchev–Trinajstić information content (AvgIpc) is 2.24. The van der Waals surface area contributed by atoms with Gasteiger partial charge in [-0.15, -0.1) is 0 Å². The summed E-state index contributed by atoms with van der Waals surface area (Å²) < 4.78 is 0. The second kappa shape index (κ2) is 5.30. The molecule has 5 heteroatoms. The number of pyridine rings is 1. The Kier molecular flexibility index (Phi) is 4.05. The third-order valence-corrected chi connectivity index (χ3v) is 1.81. The Morgan fingerprint density at radius 2 is 2.18 bits per heavy atom. The van der Waals surface area contributed by atoms with Crippen LogP contribution in [0.3, 0.4) is 0 Å². The molecule has 1 amide bonds. The van der Waals surface area contributed by atoms with Gasteiger partial charge in [-0.1, -0.05) is 6.07 Å². The first-order valence-corrected chi connectivity index (χ1v) is 5.33. The molecule has 5 nitrogen and oxygen atoms in total. The number of anilines is 1. The van der Waals surface area contributed by atoms with Crippen LogP contribution in [0.25, 0.3) is 0 Å². The number of amides is 1. The zero-order valence-electron chi connectivity index (χ0n) is 10.2. The Balaban J connectivity index is 2.51. The lowest BCUT2D eigenvalue weighted by atomic mass is 10.1. The van der Waals surface area contributed by atoms with Gasteiger partial charge < -0.3 is 10.6 Å². The summed E-state index contributed by atoms with van der Waals surface area (Å²) in [6.07, 6.45) is 0. The zero-order chi connectivity index (χ0) is 12.9. The summed E-state index contributed by atoms with van der Waals surface area (Å²) in [5, 5.41) is 14.4. The molecule has 1 aromatic rings. The van der Waals surface area contributed by atoms with Gasteiger partial charge in [0.05, 0.1) is 6.54 Å². The molecular formula is C12H16N4O. The summed E-state index contributed by atoms with van der Waals surface area (Å²) in [5.74, 6) is 0.412. The molecule has 0 saturated heterocycles. The highest BCUT2D eigenvalue weighted by Gasteiger charge is 2.13. The zero-order valence-corrected chi connectivity index (χ0v) is 10.2. The Bertz CT molecular complexity index is 443. The van der Waals surface area contributed by atoms with Crippen LogP contribution < -0.4 is 10.6 Å². The second-order valence-electron chi connectivity index (χ2n) is 4.67. The number of rotatable bonds is 3. The molecule has 0 aliphatic carbocycles. The molecule has 90 valence electrons. The molecule has 1 rings (SSSR count). The van der Waals surface area contributed by atoms with Gasteiger partial charge in [-0.25, -0.2) is 4.98 Å². The monoisotopic (exact) mass is 232 g/mol. The van der Waals surface area contributed by atoms with Crippen molar-refractivity contribution in [2.45, 2.75) is 26.3 Å². The number of hydrogen-bond donors (Lipinski definition) is 2. The van der Waals surface area contributed by atoms with Gasteiger partial charge in [0.2, 0.25) is 5.91 Å². The summed E-state index contributed by atoms with van der Waals surface area (Å²) >= 11 is 0. The summed E-state index contributed by atoms with van der Waals surface area (Å²) in [6, 6.07) is 6.98. The quantitative estimate of drug-likeness (QED) is 0.823. The van der Waals surface area contributed by atoms with Crippen LogP contribution in [0.2, 0.25) is 0 Å². The van der Waals surface area contributed by atoms with Crippen molar-refractivity contribution in [3.05, 3.63) is 23.9 Å². The van der Waals surface area contributed by atoms with Crippen LogP contribution in [0.5, 0.6) is 0 Å². The van der Waals surface area contributed by atoms with Crippen molar-refractivity contribution in [1.29, 1.82) is 5.26 Å². The first-order chi connectivity index (χ1) is 7.90. The smallest absolute Gasteiger partial charge is 0.239 e. The van der Waals surface area contributed by atoms with Gasteiger partial charge in [-0.2, -0.15) is 5.26 Å². The van der Waals surface area contributed by atoms with E-state index in [4.69, 9.17) is 5.26 Å². The van der Waals surface area contributed by atoms with Gasteiger partial charge >= 0.3 is 0 Å². The van der Waals surface area contributed by atoms with Gasteiger partial charge in [0, 0.05) is 5.54 Å².